The van der Waals surface area contributed by atoms with Crippen LogP contribution in [0.25, 0.3) is 0 Å². The third-order valence-electron chi connectivity index (χ3n) is 8.76. The Hall–Kier alpha value is -2.21. The summed E-state index contributed by atoms with van der Waals surface area (Å²) in [4.78, 5) is 16.9. The Morgan fingerprint density at radius 3 is 2.28 bits per heavy atom. The fraction of sp³-hybridized carbons (Fsp3) is 0.581. The van der Waals surface area contributed by atoms with Crippen molar-refractivity contribution in [3.05, 3.63) is 71.8 Å². The molecule has 5 heteroatoms. The van der Waals surface area contributed by atoms with E-state index < -0.39 is 17.6 Å². The normalized spacial score (nSPS) is 24.4. The number of likely N-dealkylation sites (tertiary alicyclic amines) is 2. The summed E-state index contributed by atoms with van der Waals surface area (Å²) in [5.41, 5.74) is 2.10. The number of carboxylic acid groups (broad SMARTS) is 1. The summed E-state index contributed by atoms with van der Waals surface area (Å²) in [5.74, 6) is 0.153. The summed E-state index contributed by atoms with van der Waals surface area (Å²) in [5, 5.41) is 21.2. The molecule has 0 saturated carbocycles. The highest BCUT2D eigenvalue weighted by molar-refractivity contribution is 5.74. The highest BCUT2D eigenvalue weighted by Crippen LogP contribution is 2.37. The van der Waals surface area contributed by atoms with Gasteiger partial charge in [-0.15, -0.1) is 0 Å². The van der Waals surface area contributed by atoms with Gasteiger partial charge >= 0.3 is 5.97 Å². The van der Waals surface area contributed by atoms with Gasteiger partial charge in [-0.1, -0.05) is 80.9 Å². The lowest BCUT2D eigenvalue weighted by molar-refractivity contribution is -0.145. The van der Waals surface area contributed by atoms with E-state index in [-0.39, 0.29) is 5.92 Å². The average Bonchev–Trinajstić information content (AvgIpc) is 3.29. The van der Waals surface area contributed by atoms with Crippen molar-refractivity contribution in [1.82, 2.24) is 9.80 Å². The topological polar surface area (TPSA) is 64.0 Å². The lowest BCUT2D eigenvalue weighted by Gasteiger charge is -2.40. The number of aryl methyl sites for hydroxylation is 1. The highest BCUT2D eigenvalue weighted by Gasteiger charge is 2.42. The van der Waals surface area contributed by atoms with Gasteiger partial charge in [-0.3, -0.25) is 9.69 Å². The molecule has 0 amide bonds. The number of aliphatic hydroxyl groups is 1. The number of piperidine rings is 1. The molecule has 2 aromatic carbocycles. The first kappa shape index (κ1) is 26.8. The van der Waals surface area contributed by atoms with Crippen LogP contribution < -0.4 is 0 Å². The van der Waals surface area contributed by atoms with Crippen molar-refractivity contribution in [2.45, 2.75) is 69.9 Å². The molecule has 2 N–H and O–H groups in total. The van der Waals surface area contributed by atoms with E-state index in [9.17, 15) is 15.0 Å². The minimum atomic E-state index is -0.699. The van der Waals surface area contributed by atoms with Crippen molar-refractivity contribution in [3.8, 4) is 0 Å². The molecule has 2 heterocycles. The minimum absolute atomic E-state index is 0.124. The first-order valence-electron chi connectivity index (χ1n) is 13.9. The van der Waals surface area contributed by atoms with Gasteiger partial charge in [0.15, 0.2) is 0 Å². The first-order valence-corrected chi connectivity index (χ1v) is 13.9. The molecular weight excluding hydrogens is 448 g/mol. The van der Waals surface area contributed by atoms with E-state index in [1.807, 2.05) is 12.1 Å². The van der Waals surface area contributed by atoms with E-state index >= 15 is 0 Å². The van der Waals surface area contributed by atoms with E-state index in [1.165, 1.54) is 11.1 Å². The molecule has 0 radical (unpaired) electrons. The number of hydrogen-bond donors (Lipinski definition) is 2. The van der Waals surface area contributed by atoms with Crippen molar-refractivity contribution in [3.63, 3.8) is 0 Å². The molecule has 4 rings (SSSR count). The number of rotatable bonds is 11. The summed E-state index contributed by atoms with van der Waals surface area (Å²) in [7, 11) is 0. The predicted molar refractivity (Wildman–Crippen MR) is 145 cm³/mol. The Kier molecular flexibility index (Phi) is 9.21. The van der Waals surface area contributed by atoms with Crippen LogP contribution in [0.15, 0.2) is 60.7 Å². The summed E-state index contributed by atoms with van der Waals surface area (Å²) in [6, 6.07) is 20.7. The number of benzene rings is 2. The van der Waals surface area contributed by atoms with Crippen molar-refractivity contribution < 1.29 is 15.0 Å². The highest BCUT2D eigenvalue weighted by atomic mass is 16.4. The molecule has 196 valence electrons. The van der Waals surface area contributed by atoms with Crippen molar-refractivity contribution in [2.24, 2.45) is 11.8 Å². The Labute approximate surface area is 217 Å². The van der Waals surface area contributed by atoms with E-state index in [1.54, 1.807) is 0 Å². The second kappa shape index (κ2) is 12.4. The Bertz CT molecular complexity index is 943. The number of carbonyl (C=O) groups is 1. The summed E-state index contributed by atoms with van der Waals surface area (Å²) >= 11 is 0. The van der Waals surface area contributed by atoms with E-state index in [2.05, 4.69) is 72.2 Å². The number of carboxylic acids is 1. The molecule has 0 aromatic heterocycles. The molecule has 2 aliphatic heterocycles. The zero-order valence-corrected chi connectivity index (χ0v) is 22.1. The maximum Gasteiger partial charge on any atom is 0.321 e. The largest absolute Gasteiger partial charge is 0.480 e. The molecule has 2 unspecified atom stereocenters. The van der Waals surface area contributed by atoms with Crippen molar-refractivity contribution >= 4 is 5.97 Å². The van der Waals surface area contributed by atoms with E-state index in [0.29, 0.717) is 11.8 Å². The zero-order chi connectivity index (χ0) is 25.5. The van der Waals surface area contributed by atoms with Gasteiger partial charge in [-0.25, -0.2) is 0 Å². The van der Waals surface area contributed by atoms with Gasteiger partial charge in [0.05, 0.1) is 5.60 Å². The SMILES string of the molecule is CCC(C)C(C(=O)O)N1C[C@H](CN2CCC(O)(CCCc3ccccc3)CC2)[C@@H](c2ccccc2)C1. The molecular formula is C31H44N2O3. The van der Waals surface area contributed by atoms with Crippen LogP contribution in [0, 0.1) is 11.8 Å². The quantitative estimate of drug-likeness (QED) is 0.460. The number of aliphatic carboxylic acids is 1. The molecule has 0 spiro atoms. The fourth-order valence-corrected chi connectivity index (χ4v) is 6.38. The summed E-state index contributed by atoms with van der Waals surface area (Å²) in [6.45, 7) is 8.54. The lowest BCUT2D eigenvalue weighted by atomic mass is 9.84. The third kappa shape index (κ3) is 6.76. The maximum atomic E-state index is 12.2. The fourth-order valence-electron chi connectivity index (χ4n) is 6.38. The zero-order valence-electron chi connectivity index (χ0n) is 22.1. The summed E-state index contributed by atoms with van der Waals surface area (Å²) < 4.78 is 0. The van der Waals surface area contributed by atoms with Crippen LogP contribution in [0.2, 0.25) is 0 Å². The molecule has 0 bridgehead atoms. The van der Waals surface area contributed by atoms with Gasteiger partial charge in [-0.05, 0) is 55.1 Å². The van der Waals surface area contributed by atoms with Crippen molar-refractivity contribution in [2.75, 3.05) is 32.7 Å². The van der Waals surface area contributed by atoms with Gasteiger partial charge in [0.2, 0.25) is 0 Å². The van der Waals surface area contributed by atoms with E-state index in [4.69, 9.17) is 0 Å². The monoisotopic (exact) mass is 492 g/mol. The predicted octanol–water partition coefficient (Wildman–Crippen LogP) is 5.05. The van der Waals surface area contributed by atoms with Gasteiger partial charge in [-0.2, -0.15) is 0 Å². The molecule has 2 aliphatic rings. The molecule has 36 heavy (non-hydrogen) atoms. The van der Waals surface area contributed by atoms with Crippen molar-refractivity contribution in [1.29, 1.82) is 0 Å². The second-order valence-electron chi connectivity index (χ2n) is 11.3. The van der Waals surface area contributed by atoms with Crippen LogP contribution in [0.1, 0.15) is 63.0 Å². The lowest BCUT2D eigenvalue weighted by Crippen LogP contribution is -2.47. The van der Waals surface area contributed by atoms with Crippen LogP contribution in [0.3, 0.4) is 0 Å². The van der Waals surface area contributed by atoms with Crippen LogP contribution in [-0.4, -0.2) is 70.3 Å². The molecule has 4 atom stereocenters. The first-order chi connectivity index (χ1) is 17.4. The van der Waals surface area contributed by atoms with Gasteiger partial charge in [0.1, 0.15) is 6.04 Å². The van der Waals surface area contributed by atoms with Crippen LogP contribution in [0.4, 0.5) is 0 Å². The smallest absolute Gasteiger partial charge is 0.321 e. The Balaban J connectivity index is 1.36. The summed E-state index contributed by atoms with van der Waals surface area (Å²) in [6.07, 6.45) is 5.39. The molecule has 5 nitrogen and oxygen atoms in total. The van der Waals surface area contributed by atoms with Crippen LogP contribution in [-0.2, 0) is 11.2 Å². The Morgan fingerprint density at radius 2 is 1.67 bits per heavy atom. The van der Waals surface area contributed by atoms with Gasteiger partial charge in [0, 0.05) is 38.6 Å². The van der Waals surface area contributed by atoms with E-state index in [0.717, 1.165) is 71.2 Å². The molecule has 2 aromatic rings. The number of nitrogens with zero attached hydrogens (tertiary/aromatic N) is 2. The third-order valence-corrected chi connectivity index (χ3v) is 8.76. The Morgan fingerprint density at radius 1 is 1.03 bits per heavy atom. The molecule has 2 fully saturated rings. The maximum absolute atomic E-state index is 12.2. The van der Waals surface area contributed by atoms with Gasteiger partial charge < -0.3 is 15.1 Å². The van der Waals surface area contributed by atoms with Gasteiger partial charge in [0.25, 0.3) is 0 Å². The number of hydrogen-bond acceptors (Lipinski definition) is 4. The molecule has 0 aliphatic carbocycles. The van der Waals surface area contributed by atoms with Crippen LogP contribution >= 0.6 is 0 Å². The molecule has 2 saturated heterocycles. The standard InChI is InChI=1S/C31H44N2O3/c1-3-24(2)29(30(34)35)33-22-27(28(23-33)26-14-8-5-9-15-26)21-32-19-17-31(36,18-20-32)16-10-13-25-11-6-4-7-12-25/h4-9,11-12,14-15,24,27-29,36H,3,10,13,16-23H2,1-2H3,(H,34,35)/t24?,27-,28+,29?/m0/s1. The van der Waals surface area contributed by atoms with Crippen LogP contribution in [0.5, 0.6) is 0 Å². The minimum Gasteiger partial charge on any atom is -0.480 e. The average molecular weight is 493 g/mol. The second-order valence-corrected chi connectivity index (χ2v) is 11.3.